The molecule has 0 saturated heterocycles. The predicted molar refractivity (Wildman–Crippen MR) is 87.0 cm³/mol. The number of hydrogen-bond acceptors (Lipinski definition) is 4. The van der Waals surface area contributed by atoms with E-state index in [1.165, 1.54) is 18.4 Å². The summed E-state index contributed by atoms with van der Waals surface area (Å²) in [6.07, 6.45) is 0.272. The number of methoxy groups -OCH3 is 1. The van der Waals surface area contributed by atoms with E-state index in [0.29, 0.717) is 5.02 Å². The summed E-state index contributed by atoms with van der Waals surface area (Å²) in [6.45, 7) is 0. The van der Waals surface area contributed by atoms with Crippen LogP contribution in [0.15, 0.2) is 41.8 Å². The van der Waals surface area contributed by atoms with Gasteiger partial charge in [-0.05, 0) is 23.1 Å². The van der Waals surface area contributed by atoms with E-state index in [0.717, 1.165) is 10.4 Å². The highest BCUT2D eigenvalue weighted by Gasteiger charge is 2.20. The molecule has 22 heavy (non-hydrogen) atoms. The largest absolute Gasteiger partial charge is 0.469 e. The van der Waals surface area contributed by atoms with E-state index in [2.05, 4.69) is 5.32 Å². The molecule has 0 aliphatic rings. The normalized spacial score (nSPS) is 11.7. The maximum atomic E-state index is 12.2. The number of halogens is 1. The molecule has 0 fully saturated rings. The van der Waals surface area contributed by atoms with Gasteiger partial charge in [-0.25, -0.2) is 0 Å². The Morgan fingerprint density at radius 3 is 2.68 bits per heavy atom. The average molecular weight is 338 g/mol. The number of benzene rings is 1. The zero-order chi connectivity index (χ0) is 15.9. The molecule has 116 valence electrons. The summed E-state index contributed by atoms with van der Waals surface area (Å²) in [5.41, 5.74) is 0.754. The van der Waals surface area contributed by atoms with Gasteiger partial charge in [0.05, 0.1) is 26.0 Å². The Hall–Kier alpha value is -1.85. The van der Waals surface area contributed by atoms with Gasteiger partial charge in [0, 0.05) is 9.90 Å². The molecule has 0 radical (unpaired) electrons. The van der Waals surface area contributed by atoms with Crippen LogP contribution in [0.5, 0.6) is 0 Å². The lowest BCUT2D eigenvalue weighted by Crippen LogP contribution is -2.31. The van der Waals surface area contributed by atoms with Gasteiger partial charge in [0.25, 0.3) is 0 Å². The lowest BCUT2D eigenvalue weighted by atomic mass is 10.1. The Labute approximate surface area is 138 Å². The van der Waals surface area contributed by atoms with Gasteiger partial charge >= 0.3 is 5.97 Å². The molecule has 0 aliphatic heterocycles. The van der Waals surface area contributed by atoms with Crippen LogP contribution in [-0.2, 0) is 20.7 Å². The van der Waals surface area contributed by atoms with Gasteiger partial charge < -0.3 is 10.1 Å². The van der Waals surface area contributed by atoms with Gasteiger partial charge in [-0.1, -0.05) is 35.9 Å². The highest BCUT2D eigenvalue weighted by atomic mass is 35.5. The first kappa shape index (κ1) is 16.5. The van der Waals surface area contributed by atoms with Crippen molar-refractivity contribution >= 4 is 34.8 Å². The lowest BCUT2D eigenvalue weighted by molar-refractivity contribution is -0.141. The molecule has 1 atom stereocenters. The smallest absolute Gasteiger partial charge is 0.307 e. The Balaban J connectivity index is 2.05. The monoisotopic (exact) mass is 337 g/mol. The van der Waals surface area contributed by atoms with E-state index >= 15 is 0 Å². The number of hydrogen-bond donors (Lipinski definition) is 1. The molecule has 1 aromatic carbocycles. The summed E-state index contributed by atoms with van der Waals surface area (Å²) >= 11 is 7.55. The van der Waals surface area contributed by atoms with E-state index in [4.69, 9.17) is 16.3 Å². The van der Waals surface area contributed by atoms with Crippen molar-refractivity contribution in [2.45, 2.75) is 18.9 Å². The third-order valence-electron chi connectivity index (χ3n) is 3.13. The molecular formula is C16H16ClNO3S. The number of thiophene rings is 1. The van der Waals surface area contributed by atoms with Gasteiger partial charge in [0.1, 0.15) is 0 Å². The number of carbonyl (C=O) groups excluding carboxylic acids is 2. The summed E-state index contributed by atoms with van der Waals surface area (Å²) in [7, 11) is 1.33. The van der Waals surface area contributed by atoms with Crippen molar-refractivity contribution in [2.24, 2.45) is 0 Å². The molecule has 1 aromatic heterocycles. The Bertz CT molecular complexity index is 643. The maximum absolute atomic E-state index is 12.2. The van der Waals surface area contributed by atoms with Crippen LogP contribution >= 0.6 is 22.9 Å². The van der Waals surface area contributed by atoms with Crippen LogP contribution in [0, 0.1) is 0 Å². The van der Waals surface area contributed by atoms with Crippen LogP contribution < -0.4 is 5.32 Å². The quantitative estimate of drug-likeness (QED) is 0.822. The average Bonchev–Trinajstić information content (AvgIpc) is 3.03. The first-order valence-electron chi connectivity index (χ1n) is 6.73. The molecule has 0 bridgehead atoms. The number of rotatable bonds is 6. The van der Waals surface area contributed by atoms with Crippen molar-refractivity contribution in [3.8, 4) is 0 Å². The standard InChI is InChI=1S/C16H16ClNO3S/c1-21-16(20)10-13(14-7-4-8-22-14)18-15(19)9-11-5-2-3-6-12(11)17/h2-8,13H,9-10H2,1H3,(H,18,19). The minimum Gasteiger partial charge on any atom is -0.469 e. The van der Waals surface area contributed by atoms with Crippen molar-refractivity contribution < 1.29 is 14.3 Å². The minimum atomic E-state index is -0.387. The molecule has 4 nitrogen and oxygen atoms in total. The van der Waals surface area contributed by atoms with Crippen molar-refractivity contribution in [1.82, 2.24) is 5.32 Å². The molecule has 1 N–H and O–H groups in total. The molecule has 1 amide bonds. The van der Waals surface area contributed by atoms with Gasteiger partial charge in [-0.15, -0.1) is 11.3 Å². The lowest BCUT2D eigenvalue weighted by Gasteiger charge is -2.16. The Kier molecular flexibility index (Phi) is 5.98. The molecule has 2 aromatic rings. The van der Waals surface area contributed by atoms with Crippen molar-refractivity contribution in [2.75, 3.05) is 7.11 Å². The first-order valence-corrected chi connectivity index (χ1v) is 7.99. The number of ether oxygens (including phenoxy) is 1. The summed E-state index contributed by atoms with van der Waals surface area (Å²) in [5.74, 6) is -0.549. The third-order valence-corrected chi connectivity index (χ3v) is 4.48. The van der Waals surface area contributed by atoms with Gasteiger partial charge in [0.15, 0.2) is 0 Å². The van der Waals surface area contributed by atoms with E-state index in [1.807, 2.05) is 35.7 Å². The molecule has 2 rings (SSSR count). The van der Waals surface area contributed by atoms with Crippen LogP contribution in [0.1, 0.15) is 22.9 Å². The van der Waals surface area contributed by atoms with Crippen LogP contribution in [-0.4, -0.2) is 19.0 Å². The Morgan fingerprint density at radius 2 is 2.05 bits per heavy atom. The number of esters is 1. The topological polar surface area (TPSA) is 55.4 Å². The fourth-order valence-corrected chi connectivity index (χ4v) is 3.00. The highest BCUT2D eigenvalue weighted by Crippen LogP contribution is 2.23. The fourth-order valence-electron chi connectivity index (χ4n) is 2.02. The molecule has 0 spiro atoms. The first-order chi connectivity index (χ1) is 10.6. The van der Waals surface area contributed by atoms with Crippen LogP contribution in [0.4, 0.5) is 0 Å². The van der Waals surface area contributed by atoms with Gasteiger partial charge in [0.2, 0.25) is 5.91 Å². The molecule has 6 heteroatoms. The third kappa shape index (κ3) is 4.58. The van der Waals surface area contributed by atoms with E-state index < -0.39 is 0 Å². The zero-order valence-corrected chi connectivity index (χ0v) is 13.6. The van der Waals surface area contributed by atoms with Crippen LogP contribution in [0.3, 0.4) is 0 Å². The molecule has 1 heterocycles. The predicted octanol–water partition coefficient (Wildman–Crippen LogP) is 3.36. The summed E-state index contributed by atoms with van der Waals surface area (Å²) in [5, 5.41) is 5.33. The van der Waals surface area contributed by atoms with Crippen molar-refractivity contribution in [3.05, 3.63) is 57.2 Å². The summed E-state index contributed by atoms with van der Waals surface area (Å²) in [4.78, 5) is 24.7. The summed E-state index contributed by atoms with van der Waals surface area (Å²) in [6, 6.07) is 10.6. The number of carbonyl (C=O) groups is 2. The SMILES string of the molecule is COC(=O)CC(NC(=O)Cc1ccccc1Cl)c1cccs1. The highest BCUT2D eigenvalue weighted by molar-refractivity contribution is 7.10. The van der Waals surface area contributed by atoms with Crippen LogP contribution in [0.2, 0.25) is 5.02 Å². The van der Waals surface area contributed by atoms with Gasteiger partial charge in [-0.2, -0.15) is 0 Å². The number of amides is 1. The molecular weight excluding hydrogens is 322 g/mol. The molecule has 0 saturated carbocycles. The second-order valence-electron chi connectivity index (χ2n) is 4.68. The van der Waals surface area contributed by atoms with E-state index in [1.54, 1.807) is 6.07 Å². The second-order valence-corrected chi connectivity index (χ2v) is 6.07. The van der Waals surface area contributed by atoms with E-state index in [9.17, 15) is 9.59 Å². The minimum absolute atomic E-state index is 0.102. The second kappa shape index (κ2) is 7.96. The Morgan fingerprint density at radius 1 is 1.27 bits per heavy atom. The van der Waals surface area contributed by atoms with Gasteiger partial charge in [-0.3, -0.25) is 9.59 Å². The molecule has 1 unspecified atom stereocenters. The van der Waals surface area contributed by atoms with Crippen molar-refractivity contribution in [3.63, 3.8) is 0 Å². The maximum Gasteiger partial charge on any atom is 0.307 e. The van der Waals surface area contributed by atoms with Crippen molar-refractivity contribution in [1.29, 1.82) is 0 Å². The molecule has 0 aliphatic carbocycles. The fraction of sp³-hybridized carbons (Fsp3) is 0.250. The summed E-state index contributed by atoms with van der Waals surface area (Å²) < 4.78 is 4.69. The van der Waals surface area contributed by atoms with Crippen LogP contribution in [0.25, 0.3) is 0 Å². The van der Waals surface area contributed by atoms with E-state index in [-0.39, 0.29) is 30.8 Å². The zero-order valence-electron chi connectivity index (χ0n) is 12.0. The number of nitrogens with one attached hydrogen (secondary N) is 1.